The molecule has 1 aromatic carbocycles. The van der Waals surface area contributed by atoms with E-state index in [0.717, 1.165) is 31.2 Å². The van der Waals surface area contributed by atoms with Crippen LogP contribution in [0.1, 0.15) is 52.0 Å². The quantitative estimate of drug-likeness (QED) is 0.559. The fraction of sp³-hybridized carbons (Fsp3) is 0.600. The molecule has 2 aliphatic carbocycles. The molecule has 7 nitrogen and oxygen atoms in total. The number of hydrogen-bond acceptors (Lipinski definition) is 5. The SMILES string of the molecule is CC(C)(C)OC(=O)NC1CC2(CC(C=NNS(=O)(=O)Cc3ccccc3)C2)C1. The van der Waals surface area contributed by atoms with Crippen LogP contribution in [0, 0.1) is 11.3 Å². The van der Waals surface area contributed by atoms with E-state index in [9.17, 15) is 13.2 Å². The van der Waals surface area contributed by atoms with Gasteiger partial charge in [-0.25, -0.2) is 18.0 Å². The number of amides is 1. The molecule has 2 fully saturated rings. The highest BCUT2D eigenvalue weighted by molar-refractivity contribution is 7.88. The Morgan fingerprint density at radius 3 is 2.46 bits per heavy atom. The summed E-state index contributed by atoms with van der Waals surface area (Å²) in [6, 6.07) is 9.18. The Morgan fingerprint density at radius 1 is 1.21 bits per heavy atom. The van der Waals surface area contributed by atoms with Gasteiger partial charge in [-0.05, 0) is 63.4 Å². The van der Waals surface area contributed by atoms with Gasteiger partial charge >= 0.3 is 6.09 Å². The molecule has 2 saturated carbocycles. The van der Waals surface area contributed by atoms with Gasteiger partial charge in [0.05, 0.1) is 5.75 Å². The molecule has 0 aliphatic heterocycles. The predicted molar refractivity (Wildman–Crippen MR) is 108 cm³/mol. The van der Waals surface area contributed by atoms with Crippen molar-refractivity contribution in [2.75, 3.05) is 0 Å². The maximum Gasteiger partial charge on any atom is 0.407 e. The monoisotopic (exact) mass is 407 g/mol. The van der Waals surface area contributed by atoms with Crippen molar-refractivity contribution in [2.24, 2.45) is 16.4 Å². The lowest BCUT2D eigenvalue weighted by atomic mass is 9.50. The van der Waals surface area contributed by atoms with Crippen molar-refractivity contribution in [3.05, 3.63) is 35.9 Å². The number of ether oxygens (including phenoxy) is 1. The highest BCUT2D eigenvalue weighted by Gasteiger charge is 2.52. The molecular weight excluding hydrogens is 378 g/mol. The number of hydrazone groups is 1. The van der Waals surface area contributed by atoms with Gasteiger partial charge in [-0.15, -0.1) is 0 Å². The van der Waals surface area contributed by atoms with Crippen LogP contribution in [0.3, 0.4) is 0 Å². The first-order chi connectivity index (χ1) is 13.0. The predicted octanol–water partition coefficient (Wildman–Crippen LogP) is 3.18. The Hall–Kier alpha value is -2.09. The topological polar surface area (TPSA) is 96.9 Å². The molecule has 3 rings (SSSR count). The number of hydrogen-bond donors (Lipinski definition) is 2. The smallest absolute Gasteiger partial charge is 0.407 e. The summed E-state index contributed by atoms with van der Waals surface area (Å²) in [5.74, 6) is 0.194. The Morgan fingerprint density at radius 2 is 1.86 bits per heavy atom. The third-order valence-corrected chi connectivity index (χ3v) is 6.24. The van der Waals surface area contributed by atoms with E-state index in [1.54, 1.807) is 18.3 Å². The standard InChI is InChI=1S/C20H29N3O4S/c1-19(2,3)27-18(24)22-17-11-20(12-17)9-16(10-20)13-21-23-28(25,26)14-15-7-5-4-6-8-15/h4-8,13,16-17,23H,9-12,14H2,1-3H3,(H,22,24). The van der Waals surface area contributed by atoms with Crippen molar-refractivity contribution in [2.45, 2.75) is 63.9 Å². The fourth-order valence-corrected chi connectivity index (χ4v) is 5.01. The Balaban J connectivity index is 1.36. The van der Waals surface area contributed by atoms with Gasteiger partial charge in [-0.1, -0.05) is 30.3 Å². The maximum atomic E-state index is 12.1. The van der Waals surface area contributed by atoms with Crippen molar-refractivity contribution in [3.8, 4) is 0 Å². The summed E-state index contributed by atoms with van der Waals surface area (Å²) in [4.78, 5) is 14.1. The molecule has 0 saturated heterocycles. The molecule has 1 spiro atoms. The molecule has 1 amide bonds. The van der Waals surface area contributed by atoms with Gasteiger partial charge in [-0.2, -0.15) is 5.10 Å². The molecule has 0 atom stereocenters. The van der Waals surface area contributed by atoms with Gasteiger partial charge in [0.1, 0.15) is 5.60 Å². The summed E-state index contributed by atoms with van der Waals surface area (Å²) in [5, 5.41) is 6.85. The van der Waals surface area contributed by atoms with Gasteiger partial charge in [0.25, 0.3) is 10.0 Å². The number of nitrogens with one attached hydrogen (secondary N) is 2. The maximum absolute atomic E-state index is 12.1. The first-order valence-corrected chi connectivity index (χ1v) is 11.3. The lowest BCUT2D eigenvalue weighted by molar-refractivity contribution is -0.0281. The van der Waals surface area contributed by atoms with Crippen LogP contribution in [0.15, 0.2) is 35.4 Å². The summed E-state index contributed by atoms with van der Waals surface area (Å²) in [5.41, 5.74) is 0.502. The van der Waals surface area contributed by atoms with Crippen LogP contribution in [-0.4, -0.2) is 32.4 Å². The summed E-state index contributed by atoms with van der Waals surface area (Å²) in [6.07, 6.45) is 5.17. The Kier molecular flexibility index (Phi) is 5.70. The van der Waals surface area contributed by atoms with E-state index >= 15 is 0 Å². The fourth-order valence-electron chi connectivity index (χ4n) is 4.10. The molecule has 2 N–H and O–H groups in total. The van der Waals surface area contributed by atoms with Gasteiger partial charge in [0.2, 0.25) is 0 Å². The minimum absolute atomic E-state index is 0.0855. The minimum Gasteiger partial charge on any atom is -0.444 e. The first-order valence-electron chi connectivity index (χ1n) is 9.60. The highest BCUT2D eigenvalue weighted by Crippen LogP contribution is 2.58. The molecule has 28 heavy (non-hydrogen) atoms. The van der Waals surface area contributed by atoms with Gasteiger partial charge in [0, 0.05) is 12.3 Å². The van der Waals surface area contributed by atoms with Crippen molar-refractivity contribution in [1.29, 1.82) is 0 Å². The molecule has 0 heterocycles. The molecule has 0 unspecified atom stereocenters. The largest absolute Gasteiger partial charge is 0.444 e. The van der Waals surface area contributed by atoms with Crippen LogP contribution in [0.25, 0.3) is 0 Å². The van der Waals surface area contributed by atoms with E-state index in [1.807, 2.05) is 39.0 Å². The number of sulfonamides is 1. The number of carbonyl (C=O) groups excluding carboxylic acids is 1. The van der Waals surface area contributed by atoms with E-state index < -0.39 is 15.6 Å². The molecule has 0 radical (unpaired) electrons. The van der Waals surface area contributed by atoms with Crippen LogP contribution in [0.5, 0.6) is 0 Å². The number of nitrogens with zero attached hydrogens (tertiary/aromatic N) is 1. The number of rotatable bonds is 6. The third kappa shape index (κ3) is 5.70. The lowest BCUT2D eigenvalue weighted by Crippen LogP contribution is -2.57. The second kappa shape index (κ2) is 7.73. The second-order valence-corrected chi connectivity index (χ2v) is 10.7. The zero-order valence-electron chi connectivity index (χ0n) is 16.6. The summed E-state index contributed by atoms with van der Waals surface area (Å²) >= 11 is 0. The second-order valence-electron chi connectivity index (χ2n) is 9.03. The van der Waals surface area contributed by atoms with Crippen molar-refractivity contribution in [1.82, 2.24) is 10.1 Å². The van der Waals surface area contributed by atoms with Crippen LogP contribution in [0.2, 0.25) is 0 Å². The normalized spacial score (nSPS) is 27.1. The molecular formula is C20H29N3O4S. The van der Waals surface area contributed by atoms with Crippen molar-refractivity contribution < 1.29 is 17.9 Å². The lowest BCUT2D eigenvalue weighted by Gasteiger charge is -2.57. The summed E-state index contributed by atoms with van der Waals surface area (Å²) < 4.78 is 29.4. The minimum atomic E-state index is -3.48. The van der Waals surface area contributed by atoms with Crippen LogP contribution in [0.4, 0.5) is 4.79 Å². The molecule has 8 heteroatoms. The average Bonchev–Trinajstić information content (AvgIpc) is 2.48. The van der Waals surface area contributed by atoms with E-state index in [1.165, 1.54) is 0 Å². The van der Waals surface area contributed by atoms with Gasteiger partial charge in [0.15, 0.2) is 0 Å². The molecule has 1 aromatic rings. The van der Waals surface area contributed by atoms with E-state index in [0.29, 0.717) is 0 Å². The summed E-state index contributed by atoms with van der Waals surface area (Å²) in [7, 11) is -3.48. The average molecular weight is 408 g/mol. The van der Waals surface area contributed by atoms with E-state index in [4.69, 9.17) is 4.74 Å². The zero-order valence-corrected chi connectivity index (χ0v) is 17.5. The first kappa shape index (κ1) is 20.6. The number of alkyl carbamates (subject to hydrolysis) is 1. The third-order valence-electron chi connectivity index (χ3n) is 5.15. The van der Waals surface area contributed by atoms with Crippen molar-refractivity contribution >= 4 is 22.3 Å². The molecule has 154 valence electrons. The zero-order chi connectivity index (χ0) is 20.4. The molecule has 0 bridgehead atoms. The number of carbonyl (C=O) groups is 1. The summed E-state index contributed by atoms with van der Waals surface area (Å²) in [6.45, 7) is 5.54. The van der Waals surface area contributed by atoms with Crippen LogP contribution in [-0.2, 0) is 20.5 Å². The number of benzene rings is 1. The van der Waals surface area contributed by atoms with Gasteiger partial charge in [-0.3, -0.25) is 0 Å². The van der Waals surface area contributed by atoms with E-state index in [2.05, 4.69) is 15.2 Å². The molecule has 2 aliphatic rings. The Labute approximate surface area is 167 Å². The van der Waals surface area contributed by atoms with Crippen molar-refractivity contribution in [3.63, 3.8) is 0 Å². The van der Waals surface area contributed by atoms with Crippen LogP contribution >= 0.6 is 0 Å². The van der Waals surface area contributed by atoms with Gasteiger partial charge < -0.3 is 10.1 Å². The molecule has 0 aromatic heterocycles. The van der Waals surface area contributed by atoms with Crippen LogP contribution < -0.4 is 10.1 Å². The highest BCUT2D eigenvalue weighted by atomic mass is 32.2. The Bertz CT molecular complexity index is 817. The van der Waals surface area contributed by atoms with E-state index in [-0.39, 0.29) is 29.2 Å².